The van der Waals surface area contributed by atoms with Crippen LogP contribution in [0.1, 0.15) is 37.5 Å². The van der Waals surface area contributed by atoms with Crippen LogP contribution in [-0.2, 0) is 5.41 Å². The second-order valence-electron chi connectivity index (χ2n) is 6.08. The van der Waals surface area contributed by atoms with Crippen molar-refractivity contribution in [1.82, 2.24) is 0 Å². The molecule has 0 heteroatoms. The molecule has 0 atom stereocenters. The van der Waals surface area contributed by atoms with E-state index in [1.165, 1.54) is 27.8 Å². The Hall–Kier alpha value is -1.56. The van der Waals surface area contributed by atoms with Crippen molar-refractivity contribution in [2.75, 3.05) is 0 Å². The van der Waals surface area contributed by atoms with Gasteiger partial charge in [-0.05, 0) is 47.1 Å². The maximum atomic E-state index is 2.34. The first-order chi connectivity index (χ1) is 8.39. The zero-order chi connectivity index (χ0) is 13.3. The summed E-state index contributed by atoms with van der Waals surface area (Å²) in [4.78, 5) is 0. The van der Waals surface area contributed by atoms with Crippen molar-refractivity contribution >= 4 is 0 Å². The smallest absolute Gasteiger partial charge is 0.0132 e. The van der Waals surface area contributed by atoms with Gasteiger partial charge in [-0.25, -0.2) is 0 Å². The number of hydrogen-bond donors (Lipinski definition) is 0. The van der Waals surface area contributed by atoms with E-state index < -0.39 is 0 Å². The molecule has 0 fully saturated rings. The van der Waals surface area contributed by atoms with Gasteiger partial charge in [0.05, 0.1) is 0 Å². The molecule has 0 bridgehead atoms. The highest BCUT2D eigenvalue weighted by Gasteiger charge is 2.16. The highest BCUT2D eigenvalue weighted by Crippen LogP contribution is 2.32. The third-order valence-corrected chi connectivity index (χ3v) is 3.62. The monoisotopic (exact) mass is 238 g/mol. The van der Waals surface area contributed by atoms with E-state index in [4.69, 9.17) is 0 Å². The zero-order valence-electron chi connectivity index (χ0n) is 12.0. The quantitative estimate of drug-likeness (QED) is 0.635. The van der Waals surface area contributed by atoms with Crippen molar-refractivity contribution in [2.24, 2.45) is 0 Å². The van der Waals surface area contributed by atoms with Crippen molar-refractivity contribution in [3.63, 3.8) is 0 Å². The highest BCUT2D eigenvalue weighted by atomic mass is 14.2. The molecule has 0 N–H and O–H groups in total. The molecule has 0 aromatic heterocycles. The molecule has 0 radical (unpaired) electrons. The van der Waals surface area contributed by atoms with E-state index >= 15 is 0 Å². The first kappa shape index (κ1) is 12.9. The fourth-order valence-corrected chi connectivity index (χ4v) is 2.21. The number of rotatable bonds is 1. The molecule has 2 aromatic carbocycles. The molecule has 0 heterocycles. The van der Waals surface area contributed by atoms with E-state index in [0.29, 0.717) is 0 Å². The van der Waals surface area contributed by atoms with Gasteiger partial charge in [0, 0.05) is 0 Å². The summed E-state index contributed by atoms with van der Waals surface area (Å²) in [5.74, 6) is 0. The SMILES string of the molecule is Cc1cc(C(C)(C)C)cc(-c2ccccc2)c1C. The molecule has 94 valence electrons. The topological polar surface area (TPSA) is 0 Å². The molecule has 0 nitrogen and oxygen atoms in total. The molecule has 0 unspecified atom stereocenters. The van der Waals surface area contributed by atoms with Gasteiger partial charge in [-0.15, -0.1) is 0 Å². The number of benzene rings is 2. The van der Waals surface area contributed by atoms with E-state index in [1.807, 2.05) is 0 Å². The van der Waals surface area contributed by atoms with Crippen LogP contribution in [0.3, 0.4) is 0 Å². The predicted molar refractivity (Wildman–Crippen MR) is 80.1 cm³/mol. The first-order valence-electron chi connectivity index (χ1n) is 6.57. The summed E-state index contributed by atoms with van der Waals surface area (Å²) in [7, 11) is 0. The van der Waals surface area contributed by atoms with Crippen LogP contribution in [0.15, 0.2) is 42.5 Å². The van der Waals surface area contributed by atoms with Crippen molar-refractivity contribution < 1.29 is 0 Å². The van der Waals surface area contributed by atoms with Crippen molar-refractivity contribution in [3.8, 4) is 11.1 Å². The van der Waals surface area contributed by atoms with Crippen molar-refractivity contribution in [3.05, 3.63) is 59.2 Å². The summed E-state index contributed by atoms with van der Waals surface area (Å²) < 4.78 is 0. The van der Waals surface area contributed by atoms with Crippen LogP contribution in [0, 0.1) is 13.8 Å². The Morgan fingerprint density at radius 3 is 2.00 bits per heavy atom. The minimum absolute atomic E-state index is 0.196. The molecule has 0 saturated heterocycles. The van der Waals surface area contributed by atoms with Crippen molar-refractivity contribution in [2.45, 2.75) is 40.0 Å². The molecule has 18 heavy (non-hydrogen) atoms. The lowest BCUT2D eigenvalue weighted by Crippen LogP contribution is -2.12. The Balaban J connectivity index is 2.64. The van der Waals surface area contributed by atoms with Crippen LogP contribution in [-0.4, -0.2) is 0 Å². The molecule has 0 aliphatic carbocycles. The molecular formula is C18H22. The number of aryl methyl sites for hydroxylation is 1. The van der Waals surface area contributed by atoms with Gasteiger partial charge in [0.2, 0.25) is 0 Å². The van der Waals surface area contributed by atoms with Gasteiger partial charge < -0.3 is 0 Å². The zero-order valence-corrected chi connectivity index (χ0v) is 12.0. The van der Waals surface area contributed by atoms with E-state index in [2.05, 4.69) is 77.1 Å². The maximum Gasteiger partial charge on any atom is -0.0132 e. The van der Waals surface area contributed by atoms with E-state index in [-0.39, 0.29) is 5.41 Å². The second kappa shape index (κ2) is 4.61. The molecule has 2 rings (SSSR count). The van der Waals surface area contributed by atoms with Crippen LogP contribution in [0.4, 0.5) is 0 Å². The fourth-order valence-electron chi connectivity index (χ4n) is 2.21. The number of hydrogen-bond acceptors (Lipinski definition) is 0. The van der Waals surface area contributed by atoms with E-state index in [9.17, 15) is 0 Å². The van der Waals surface area contributed by atoms with Crippen LogP contribution < -0.4 is 0 Å². The molecular weight excluding hydrogens is 216 g/mol. The third kappa shape index (κ3) is 2.48. The van der Waals surface area contributed by atoms with Gasteiger partial charge >= 0.3 is 0 Å². The van der Waals surface area contributed by atoms with Gasteiger partial charge in [-0.2, -0.15) is 0 Å². The van der Waals surface area contributed by atoms with E-state index in [1.54, 1.807) is 0 Å². The van der Waals surface area contributed by atoms with Crippen LogP contribution in [0.2, 0.25) is 0 Å². The average molecular weight is 238 g/mol. The largest absolute Gasteiger partial charge is 0.0622 e. The summed E-state index contributed by atoms with van der Waals surface area (Å²) in [6.45, 7) is 11.2. The molecule has 0 amide bonds. The molecule has 0 saturated carbocycles. The van der Waals surface area contributed by atoms with Gasteiger partial charge in [0.25, 0.3) is 0 Å². The van der Waals surface area contributed by atoms with Gasteiger partial charge in [-0.1, -0.05) is 63.2 Å². The average Bonchev–Trinajstić information content (AvgIpc) is 2.32. The second-order valence-corrected chi connectivity index (χ2v) is 6.08. The Kier molecular flexibility index (Phi) is 3.30. The molecule has 0 aliphatic heterocycles. The highest BCUT2D eigenvalue weighted by molar-refractivity contribution is 5.69. The van der Waals surface area contributed by atoms with Gasteiger partial charge in [-0.3, -0.25) is 0 Å². The lowest BCUT2D eigenvalue weighted by atomic mass is 9.82. The summed E-state index contributed by atoms with van der Waals surface area (Å²) in [5.41, 5.74) is 7.03. The molecule has 2 aromatic rings. The summed E-state index contributed by atoms with van der Waals surface area (Å²) >= 11 is 0. The Morgan fingerprint density at radius 2 is 1.44 bits per heavy atom. The standard InChI is InChI=1S/C18H22/c1-13-11-16(18(3,4)5)12-17(14(13)2)15-9-7-6-8-10-15/h6-12H,1-5H3. The predicted octanol–water partition coefficient (Wildman–Crippen LogP) is 5.27. The van der Waals surface area contributed by atoms with Crippen LogP contribution >= 0.6 is 0 Å². The minimum atomic E-state index is 0.196. The lowest BCUT2D eigenvalue weighted by molar-refractivity contribution is 0.590. The first-order valence-corrected chi connectivity index (χ1v) is 6.57. The summed E-state index contributed by atoms with van der Waals surface area (Å²) in [5, 5.41) is 0. The van der Waals surface area contributed by atoms with Gasteiger partial charge in [0.1, 0.15) is 0 Å². The molecule has 0 spiro atoms. The van der Waals surface area contributed by atoms with E-state index in [0.717, 1.165) is 0 Å². The van der Waals surface area contributed by atoms with Crippen LogP contribution in [0.5, 0.6) is 0 Å². The van der Waals surface area contributed by atoms with Gasteiger partial charge in [0.15, 0.2) is 0 Å². The lowest BCUT2D eigenvalue weighted by Gasteiger charge is -2.22. The minimum Gasteiger partial charge on any atom is -0.0622 e. The normalized spacial score (nSPS) is 11.6. The maximum absolute atomic E-state index is 2.34. The third-order valence-electron chi connectivity index (χ3n) is 3.62. The Bertz CT molecular complexity index is 542. The Morgan fingerprint density at radius 1 is 0.833 bits per heavy atom. The summed E-state index contributed by atoms with van der Waals surface area (Å²) in [6, 6.07) is 15.3. The Labute approximate surface area is 111 Å². The molecule has 0 aliphatic rings. The van der Waals surface area contributed by atoms with Crippen molar-refractivity contribution in [1.29, 1.82) is 0 Å². The summed E-state index contributed by atoms with van der Waals surface area (Å²) in [6.07, 6.45) is 0. The van der Waals surface area contributed by atoms with Crippen LogP contribution in [0.25, 0.3) is 11.1 Å². The fraction of sp³-hybridized carbons (Fsp3) is 0.333.